The fraction of sp³-hybridized carbons (Fsp3) is 0.429. The van der Waals surface area contributed by atoms with Crippen molar-refractivity contribution in [1.82, 2.24) is 0 Å². The Morgan fingerprint density at radius 2 is 2.00 bits per heavy atom. The number of anilines is 2. The van der Waals surface area contributed by atoms with Crippen LogP contribution in [0.5, 0.6) is 0 Å². The second-order valence-corrected chi connectivity index (χ2v) is 4.54. The Bertz CT molecular complexity index is 468. The standard InChI is InChI=1S/C14H21N3O2/c1-4-11(8-15)14(19)17-12-6-5-9(2)13(7-12)16-10(3)18/h5-7,11H,4,8,15H2,1-3H3,(H,16,18)(H,17,19). The zero-order valence-electron chi connectivity index (χ0n) is 11.6. The summed E-state index contributed by atoms with van der Waals surface area (Å²) < 4.78 is 0. The average molecular weight is 263 g/mol. The van der Waals surface area contributed by atoms with Crippen LogP contribution >= 0.6 is 0 Å². The smallest absolute Gasteiger partial charge is 0.228 e. The van der Waals surface area contributed by atoms with Crippen molar-refractivity contribution in [2.24, 2.45) is 11.7 Å². The molecule has 0 saturated carbocycles. The Labute approximate surface area is 113 Å². The van der Waals surface area contributed by atoms with Crippen LogP contribution in [0.15, 0.2) is 18.2 Å². The summed E-state index contributed by atoms with van der Waals surface area (Å²) in [5.74, 6) is -0.423. The molecular formula is C14H21N3O2. The number of carbonyl (C=O) groups excluding carboxylic acids is 2. The Balaban J connectivity index is 2.84. The minimum Gasteiger partial charge on any atom is -0.330 e. The lowest BCUT2D eigenvalue weighted by atomic mass is 10.1. The largest absolute Gasteiger partial charge is 0.330 e. The lowest BCUT2D eigenvalue weighted by molar-refractivity contribution is -0.119. The molecule has 1 atom stereocenters. The number of aryl methyl sites for hydroxylation is 1. The molecule has 0 bridgehead atoms. The summed E-state index contributed by atoms with van der Waals surface area (Å²) in [6, 6.07) is 5.41. The quantitative estimate of drug-likeness (QED) is 0.758. The van der Waals surface area contributed by atoms with E-state index in [0.29, 0.717) is 24.3 Å². The van der Waals surface area contributed by atoms with E-state index in [1.165, 1.54) is 6.92 Å². The molecule has 4 N–H and O–H groups in total. The minimum atomic E-state index is -0.189. The molecule has 0 saturated heterocycles. The van der Waals surface area contributed by atoms with Crippen molar-refractivity contribution in [1.29, 1.82) is 0 Å². The number of nitrogens with one attached hydrogen (secondary N) is 2. The van der Waals surface area contributed by atoms with Gasteiger partial charge in [0.05, 0.1) is 5.92 Å². The van der Waals surface area contributed by atoms with E-state index in [9.17, 15) is 9.59 Å². The molecule has 0 aromatic heterocycles. The summed E-state index contributed by atoms with van der Waals surface area (Å²) in [6.45, 7) is 5.60. The van der Waals surface area contributed by atoms with E-state index >= 15 is 0 Å². The van der Waals surface area contributed by atoms with Crippen LogP contribution in [0.25, 0.3) is 0 Å². The molecular weight excluding hydrogens is 242 g/mol. The highest BCUT2D eigenvalue weighted by atomic mass is 16.2. The summed E-state index contributed by atoms with van der Waals surface area (Å²) in [5, 5.41) is 5.54. The van der Waals surface area contributed by atoms with Crippen LogP contribution in [0.3, 0.4) is 0 Å². The van der Waals surface area contributed by atoms with Crippen LogP contribution < -0.4 is 16.4 Å². The predicted octanol–water partition coefficient (Wildman–Crippen LogP) is 1.88. The predicted molar refractivity (Wildman–Crippen MR) is 76.9 cm³/mol. The third kappa shape index (κ3) is 4.37. The molecule has 19 heavy (non-hydrogen) atoms. The Morgan fingerprint density at radius 3 is 2.53 bits per heavy atom. The fourth-order valence-corrected chi connectivity index (χ4v) is 1.73. The maximum absolute atomic E-state index is 11.9. The number of hydrogen-bond acceptors (Lipinski definition) is 3. The summed E-state index contributed by atoms with van der Waals surface area (Å²) >= 11 is 0. The van der Waals surface area contributed by atoms with Crippen molar-refractivity contribution in [3.05, 3.63) is 23.8 Å². The molecule has 1 unspecified atom stereocenters. The van der Waals surface area contributed by atoms with E-state index in [1.54, 1.807) is 6.07 Å². The van der Waals surface area contributed by atoms with Gasteiger partial charge >= 0.3 is 0 Å². The van der Waals surface area contributed by atoms with Gasteiger partial charge in [0, 0.05) is 24.8 Å². The number of benzene rings is 1. The van der Waals surface area contributed by atoms with E-state index in [2.05, 4.69) is 10.6 Å². The van der Waals surface area contributed by atoms with Gasteiger partial charge in [-0.3, -0.25) is 9.59 Å². The number of nitrogens with two attached hydrogens (primary N) is 1. The van der Waals surface area contributed by atoms with Gasteiger partial charge in [0.2, 0.25) is 11.8 Å². The van der Waals surface area contributed by atoms with Gasteiger partial charge in [-0.05, 0) is 31.0 Å². The second kappa shape index (κ2) is 6.89. The lowest BCUT2D eigenvalue weighted by Gasteiger charge is -2.14. The van der Waals surface area contributed by atoms with Gasteiger partial charge in [-0.15, -0.1) is 0 Å². The van der Waals surface area contributed by atoms with Crippen molar-refractivity contribution in [3.63, 3.8) is 0 Å². The normalized spacial score (nSPS) is 11.8. The molecule has 1 rings (SSSR count). The third-order valence-corrected chi connectivity index (χ3v) is 2.96. The van der Waals surface area contributed by atoms with Crippen molar-refractivity contribution in [2.75, 3.05) is 17.2 Å². The summed E-state index contributed by atoms with van der Waals surface area (Å²) in [6.07, 6.45) is 0.701. The second-order valence-electron chi connectivity index (χ2n) is 4.54. The monoisotopic (exact) mass is 263 g/mol. The van der Waals surface area contributed by atoms with Crippen molar-refractivity contribution < 1.29 is 9.59 Å². The van der Waals surface area contributed by atoms with Crippen LogP contribution in [0.1, 0.15) is 25.8 Å². The van der Waals surface area contributed by atoms with Gasteiger partial charge in [-0.25, -0.2) is 0 Å². The van der Waals surface area contributed by atoms with Crippen LogP contribution in [-0.2, 0) is 9.59 Å². The van der Waals surface area contributed by atoms with E-state index in [1.807, 2.05) is 26.0 Å². The first-order valence-electron chi connectivity index (χ1n) is 6.37. The summed E-state index contributed by atoms with van der Waals surface area (Å²) in [5.41, 5.74) is 7.84. The van der Waals surface area contributed by atoms with Crippen molar-refractivity contribution in [2.45, 2.75) is 27.2 Å². The van der Waals surface area contributed by atoms with Crippen LogP contribution in [0, 0.1) is 12.8 Å². The minimum absolute atomic E-state index is 0.0948. The average Bonchev–Trinajstić information content (AvgIpc) is 2.34. The Morgan fingerprint density at radius 1 is 1.32 bits per heavy atom. The summed E-state index contributed by atoms with van der Waals surface area (Å²) in [7, 11) is 0. The molecule has 2 amide bonds. The van der Waals surface area contributed by atoms with Gasteiger partial charge in [-0.2, -0.15) is 0 Å². The number of hydrogen-bond donors (Lipinski definition) is 3. The maximum Gasteiger partial charge on any atom is 0.228 e. The van der Waals surface area contributed by atoms with Crippen LogP contribution in [0.2, 0.25) is 0 Å². The SMILES string of the molecule is CCC(CN)C(=O)Nc1ccc(C)c(NC(C)=O)c1. The molecule has 5 nitrogen and oxygen atoms in total. The van der Waals surface area contributed by atoms with Gasteiger partial charge in [0.1, 0.15) is 0 Å². The first-order valence-corrected chi connectivity index (χ1v) is 6.37. The van der Waals surface area contributed by atoms with Gasteiger partial charge in [0.15, 0.2) is 0 Å². The molecule has 1 aromatic rings. The Kier molecular flexibility index (Phi) is 5.51. The highest BCUT2D eigenvalue weighted by Crippen LogP contribution is 2.21. The molecule has 0 radical (unpaired) electrons. The zero-order chi connectivity index (χ0) is 14.4. The molecule has 0 spiro atoms. The van der Waals surface area contributed by atoms with Gasteiger partial charge < -0.3 is 16.4 Å². The number of rotatable bonds is 5. The highest BCUT2D eigenvalue weighted by Gasteiger charge is 2.14. The molecule has 1 aromatic carbocycles. The molecule has 5 heteroatoms. The molecule has 0 aliphatic rings. The molecule has 104 valence electrons. The van der Waals surface area contributed by atoms with E-state index < -0.39 is 0 Å². The van der Waals surface area contributed by atoms with Crippen molar-refractivity contribution in [3.8, 4) is 0 Å². The van der Waals surface area contributed by atoms with E-state index in [0.717, 1.165) is 5.56 Å². The Hall–Kier alpha value is -1.88. The molecule has 0 aliphatic carbocycles. The first kappa shape index (κ1) is 15.2. The lowest BCUT2D eigenvalue weighted by Crippen LogP contribution is -2.28. The van der Waals surface area contributed by atoms with Crippen LogP contribution in [-0.4, -0.2) is 18.4 Å². The first-order chi connectivity index (χ1) is 8.97. The number of carbonyl (C=O) groups is 2. The topological polar surface area (TPSA) is 84.2 Å². The molecule has 0 aliphatic heterocycles. The van der Waals surface area contributed by atoms with E-state index in [-0.39, 0.29) is 17.7 Å². The summed E-state index contributed by atoms with van der Waals surface area (Å²) in [4.78, 5) is 23.0. The maximum atomic E-state index is 11.9. The molecule has 0 fully saturated rings. The fourth-order valence-electron chi connectivity index (χ4n) is 1.73. The van der Waals surface area contributed by atoms with Gasteiger partial charge in [-0.1, -0.05) is 13.0 Å². The zero-order valence-corrected chi connectivity index (χ0v) is 11.6. The van der Waals surface area contributed by atoms with Gasteiger partial charge in [0.25, 0.3) is 0 Å². The van der Waals surface area contributed by atoms with Crippen molar-refractivity contribution >= 4 is 23.2 Å². The van der Waals surface area contributed by atoms with E-state index in [4.69, 9.17) is 5.73 Å². The third-order valence-electron chi connectivity index (χ3n) is 2.96. The van der Waals surface area contributed by atoms with Crippen LogP contribution in [0.4, 0.5) is 11.4 Å². The highest BCUT2D eigenvalue weighted by molar-refractivity contribution is 5.95. The molecule has 0 heterocycles. The number of amides is 2.